The number of para-hydroxylation sites is 1. The van der Waals surface area contributed by atoms with Crippen molar-refractivity contribution in [3.63, 3.8) is 0 Å². The minimum Gasteiger partial charge on any atom is -0.489 e. The first-order valence-corrected chi connectivity index (χ1v) is 17.7. The number of hydrogen-bond donors (Lipinski definition) is 2. The van der Waals surface area contributed by atoms with Crippen molar-refractivity contribution in [1.82, 2.24) is 9.78 Å². The van der Waals surface area contributed by atoms with E-state index in [9.17, 15) is 23.6 Å². The van der Waals surface area contributed by atoms with Crippen LogP contribution in [0.5, 0.6) is 5.75 Å². The topological polar surface area (TPSA) is 138 Å². The Kier molecular flexibility index (Phi) is 12.4. The lowest BCUT2D eigenvalue weighted by atomic mass is 10.0. The Labute approximate surface area is 322 Å². The van der Waals surface area contributed by atoms with Crippen LogP contribution in [0.4, 0.5) is 15.8 Å². The van der Waals surface area contributed by atoms with Crippen LogP contribution < -0.4 is 15.4 Å². The fourth-order valence-electron chi connectivity index (χ4n) is 5.51. The van der Waals surface area contributed by atoms with E-state index in [1.54, 1.807) is 55.1 Å². The minimum absolute atomic E-state index is 0.195. The van der Waals surface area contributed by atoms with Crippen LogP contribution in [0.25, 0.3) is 23.0 Å². The van der Waals surface area contributed by atoms with Gasteiger partial charge in [0, 0.05) is 28.7 Å². The molecule has 5 aromatic carbocycles. The van der Waals surface area contributed by atoms with Gasteiger partial charge >= 0.3 is 11.9 Å². The summed E-state index contributed by atoms with van der Waals surface area (Å²) in [5.41, 5.74) is 3.99. The maximum absolute atomic E-state index is 14.0. The number of amides is 2. The van der Waals surface area contributed by atoms with Crippen molar-refractivity contribution in [2.45, 2.75) is 20.5 Å². The van der Waals surface area contributed by atoms with Crippen molar-refractivity contribution in [1.29, 1.82) is 0 Å². The largest absolute Gasteiger partial charge is 0.489 e. The van der Waals surface area contributed by atoms with Crippen molar-refractivity contribution < 1.29 is 37.8 Å². The minimum atomic E-state index is -0.746. The number of hydrogen-bond acceptors (Lipinski definition) is 8. The van der Waals surface area contributed by atoms with Crippen LogP contribution in [0.2, 0.25) is 0 Å². The summed E-state index contributed by atoms with van der Waals surface area (Å²) in [6.07, 6.45) is 3.15. The number of anilines is 2. The molecule has 0 radical (unpaired) electrons. The summed E-state index contributed by atoms with van der Waals surface area (Å²) in [6, 6.07) is 34.7. The van der Waals surface area contributed by atoms with Crippen molar-refractivity contribution >= 4 is 41.2 Å². The summed E-state index contributed by atoms with van der Waals surface area (Å²) >= 11 is 0. The lowest BCUT2D eigenvalue weighted by Gasteiger charge is -2.12. The standard InChI is InChI=1S/C44H37FN4O7/c1-3-54-43(52)30-15-21-35(22-16-30)46-41(50)39(42(51)47-36-23-17-31(18-24-36)44(53)55-4-2)26-33-27-49(37-10-6-5-7-11-37)48-40(33)32-9-8-12-38(25-32)56-28-29-13-19-34(45)20-14-29/h5-27H,3-4,28H2,1-2H3,(H,46,50)(H,47,51). The van der Waals surface area contributed by atoms with Gasteiger partial charge in [0.1, 0.15) is 29.4 Å². The Morgan fingerprint density at radius 2 is 1.27 bits per heavy atom. The first-order chi connectivity index (χ1) is 27.2. The van der Waals surface area contributed by atoms with Gasteiger partial charge in [0.2, 0.25) is 0 Å². The van der Waals surface area contributed by atoms with Gasteiger partial charge in [-0.2, -0.15) is 5.10 Å². The van der Waals surface area contributed by atoms with Crippen molar-refractivity contribution in [3.05, 3.63) is 167 Å². The summed E-state index contributed by atoms with van der Waals surface area (Å²) in [4.78, 5) is 52.5. The summed E-state index contributed by atoms with van der Waals surface area (Å²) in [7, 11) is 0. The molecule has 6 rings (SSSR count). The van der Waals surface area contributed by atoms with Gasteiger partial charge in [-0.1, -0.05) is 42.5 Å². The second-order valence-corrected chi connectivity index (χ2v) is 12.2. The molecule has 0 spiro atoms. The number of aromatic nitrogens is 2. The third-order valence-electron chi connectivity index (χ3n) is 8.29. The lowest BCUT2D eigenvalue weighted by Crippen LogP contribution is -2.25. The van der Waals surface area contributed by atoms with Crippen LogP contribution in [0, 0.1) is 5.82 Å². The first-order valence-electron chi connectivity index (χ1n) is 17.7. The van der Waals surface area contributed by atoms with E-state index in [1.165, 1.54) is 66.7 Å². The number of carbonyl (C=O) groups excluding carboxylic acids is 4. The van der Waals surface area contributed by atoms with E-state index in [4.69, 9.17) is 19.3 Å². The quantitative estimate of drug-likeness (QED) is 0.0491. The molecule has 6 aromatic rings. The Morgan fingerprint density at radius 1 is 0.696 bits per heavy atom. The first kappa shape index (κ1) is 38.4. The van der Waals surface area contributed by atoms with E-state index >= 15 is 0 Å². The Hall–Kier alpha value is -7.34. The summed E-state index contributed by atoms with van der Waals surface area (Å²) < 4.78 is 31.2. The van der Waals surface area contributed by atoms with Crippen molar-refractivity contribution in [2.24, 2.45) is 0 Å². The fraction of sp³-hybridized carbons (Fsp3) is 0.114. The second kappa shape index (κ2) is 18.1. The zero-order valence-electron chi connectivity index (χ0n) is 30.5. The number of esters is 2. The monoisotopic (exact) mass is 752 g/mol. The van der Waals surface area contributed by atoms with Crippen LogP contribution >= 0.6 is 0 Å². The molecule has 2 N–H and O–H groups in total. The molecule has 0 bridgehead atoms. The van der Waals surface area contributed by atoms with Gasteiger partial charge in [0.05, 0.1) is 30.0 Å². The highest BCUT2D eigenvalue weighted by atomic mass is 19.1. The van der Waals surface area contributed by atoms with E-state index in [1.807, 2.05) is 36.4 Å². The van der Waals surface area contributed by atoms with Gasteiger partial charge in [-0.15, -0.1) is 0 Å². The third-order valence-corrected chi connectivity index (χ3v) is 8.29. The molecule has 11 nitrogen and oxygen atoms in total. The van der Waals surface area contributed by atoms with Crippen LogP contribution in [0.1, 0.15) is 45.7 Å². The van der Waals surface area contributed by atoms with Gasteiger partial charge in [0.15, 0.2) is 0 Å². The van der Waals surface area contributed by atoms with E-state index in [-0.39, 0.29) is 31.2 Å². The number of rotatable bonds is 14. The molecule has 0 saturated carbocycles. The fourth-order valence-corrected chi connectivity index (χ4v) is 5.51. The molecular weight excluding hydrogens is 716 g/mol. The number of carbonyl (C=O) groups is 4. The van der Waals surface area contributed by atoms with Gasteiger partial charge in [-0.25, -0.2) is 18.7 Å². The Morgan fingerprint density at radius 3 is 1.82 bits per heavy atom. The summed E-state index contributed by atoms with van der Waals surface area (Å²) in [5, 5.41) is 10.4. The number of ether oxygens (including phenoxy) is 3. The molecule has 1 aromatic heterocycles. The third kappa shape index (κ3) is 9.79. The molecule has 0 fully saturated rings. The molecule has 56 heavy (non-hydrogen) atoms. The Balaban J connectivity index is 1.37. The average molecular weight is 753 g/mol. The normalized spacial score (nSPS) is 10.6. The van der Waals surface area contributed by atoms with Gasteiger partial charge in [0.25, 0.3) is 11.8 Å². The van der Waals surface area contributed by atoms with Crippen molar-refractivity contribution in [2.75, 3.05) is 23.8 Å². The molecule has 0 atom stereocenters. The lowest BCUT2D eigenvalue weighted by molar-refractivity contribution is -0.118. The molecule has 282 valence electrons. The average Bonchev–Trinajstić information content (AvgIpc) is 3.65. The highest BCUT2D eigenvalue weighted by molar-refractivity contribution is 6.29. The molecule has 0 saturated heterocycles. The highest BCUT2D eigenvalue weighted by Crippen LogP contribution is 2.30. The van der Waals surface area contributed by atoms with E-state index in [2.05, 4.69) is 10.6 Å². The smallest absolute Gasteiger partial charge is 0.338 e. The van der Waals surface area contributed by atoms with Crippen LogP contribution in [-0.4, -0.2) is 46.7 Å². The maximum atomic E-state index is 14.0. The van der Waals surface area contributed by atoms with Crippen LogP contribution in [-0.2, 0) is 25.7 Å². The Bertz CT molecular complexity index is 2280. The maximum Gasteiger partial charge on any atom is 0.338 e. The SMILES string of the molecule is CCOC(=O)c1ccc(NC(=O)C(=Cc2cn(-c3ccccc3)nc2-c2cccc(OCc3ccc(F)cc3)c2)C(=O)Nc2ccc(C(=O)OCC)cc2)cc1. The van der Waals surface area contributed by atoms with Gasteiger partial charge in [-0.3, -0.25) is 9.59 Å². The van der Waals surface area contributed by atoms with Crippen molar-refractivity contribution in [3.8, 4) is 22.7 Å². The van der Waals surface area contributed by atoms with E-state index < -0.39 is 23.8 Å². The highest BCUT2D eigenvalue weighted by Gasteiger charge is 2.22. The molecular formula is C44H37FN4O7. The second-order valence-electron chi connectivity index (χ2n) is 12.2. The van der Waals surface area contributed by atoms with Gasteiger partial charge in [-0.05, 0) is 110 Å². The predicted molar refractivity (Wildman–Crippen MR) is 210 cm³/mol. The molecule has 0 aliphatic heterocycles. The number of nitrogens with one attached hydrogen (secondary N) is 2. The van der Waals surface area contributed by atoms with E-state index in [0.717, 1.165) is 11.3 Å². The van der Waals surface area contributed by atoms with Crippen LogP contribution in [0.15, 0.2) is 139 Å². The summed E-state index contributed by atoms with van der Waals surface area (Å²) in [5.74, 6) is -2.33. The molecule has 0 aliphatic rings. The molecule has 2 amide bonds. The number of nitrogens with zero attached hydrogens (tertiary/aromatic N) is 2. The zero-order chi connectivity index (χ0) is 39.4. The molecule has 12 heteroatoms. The van der Waals surface area contributed by atoms with E-state index in [0.29, 0.717) is 45.1 Å². The van der Waals surface area contributed by atoms with Crippen LogP contribution in [0.3, 0.4) is 0 Å². The zero-order valence-corrected chi connectivity index (χ0v) is 30.5. The number of halogens is 1. The molecule has 1 heterocycles. The molecule has 0 unspecified atom stereocenters. The number of benzene rings is 5. The summed E-state index contributed by atoms with van der Waals surface area (Å²) in [6.45, 7) is 4.02. The predicted octanol–water partition coefficient (Wildman–Crippen LogP) is 8.27. The molecule has 0 aliphatic carbocycles. The van der Waals surface area contributed by atoms with Gasteiger partial charge < -0.3 is 24.8 Å².